The molecule has 0 unspecified atom stereocenters. The second kappa shape index (κ2) is 10.0. The van der Waals surface area contributed by atoms with Crippen LogP contribution in [0.4, 0.5) is 20.2 Å². The Balaban J connectivity index is 1.75. The van der Waals surface area contributed by atoms with E-state index in [1.54, 1.807) is 24.3 Å². The molecule has 2 amide bonds. The summed E-state index contributed by atoms with van der Waals surface area (Å²) in [6.07, 6.45) is -0.0344. The van der Waals surface area contributed by atoms with Crippen LogP contribution in [-0.2, 0) is 25.5 Å². The highest BCUT2D eigenvalue weighted by molar-refractivity contribution is 5.93. The fraction of sp³-hybridized carbons (Fsp3) is 0.211. The van der Waals surface area contributed by atoms with Crippen LogP contribution in [0.5, 0.6) is 5.75 Å². The van der Waals surface area contributed by atoms with Gasteiger partial charge in [-0.3, -0.25) is 14.4 Å². The SMILES string of the molecule is CC(=O)Nc1ccc(CC(=O)OCC(=O)Nc2ccc(OC(F)F)cc2)cc1. The van der Waals surface area contributed by atoms with Gasteiger partial charge in [-0.05, 0) is 42.0 Å². The van der Waals surface area contributed by atoms with Crippen LogP contribution in [0.2, 0.25) is 0 Å². The van der Waals surface area contributed by atoms with Crippen LogP contribution in [0.15, 0.2) is 48.5 Å². The van der Waals surface area contributed by atoms with E-state index >= 15 is 0 Å². The van der Waals surface area contributed by atoms with Crippen molar-refractivity contribution in [3.05, 3.63) is 54.1 Å². The molecule has 2 N–H and O–H groups in total. The first-order chi connectivity index (χ1) is 13.3. The average molecular weight is 392 g/mol. The van der Waals surface area contributed by atoms with E-state index in [1.807, 2.05) is 0 Å². The summed E-state index contributed by atoms with van der Waals surface area (Å²) in [6, 6.07) is 11.9. The zero-order valence-electron chi connectivity index (χ0n) is 14.9. The van der Waals surface area contributed by atoms with E-state index in [4.69, 9.17) is 4.74 Å². The fourth-order valence-electron chi connectivity index (χ4n) is 2.19. The second-order valence-electron chi connectivity index (χ2n) is 5.67. The number of nitrogens with one attached hydrogen (secondary N) is 2. The Morgan fingerprint density at radius 2 is 1.50 bits per heavy atom. The molecule has 0 bridgehead atoms. The Labute approximate surface area is 159 Å². The van der Waals surface area contributed by atoms with Crippen molar-refractivity contribution in [2.75, 3.05) is 17.2 Å². The maximum atomic E-state index is 12.1. The number of anilines is 2. The molecule has 2 aromatic rings. The zero-order chi connectivity index (χ0) is 20.5. The van der Waals surface area contributed by atoms with Crippen molar-refractivity contribution in [2.24, 2.45) is 0 Å². The van der Waals surface area contributed by atoms with E-state index in [1.165, 1.54) is 31.2 Å². The van der Waals surface area contributed by atoms with Gasteiger partial charge in [0, 0.05) is 18.3 Å². The molecule has 0 saturated heterocycles. The standard InChI is InChI=1S/C19H18F2N2O5/c1-12(24)22-14-4-2-13(3-5-14)10-18(26)27-11-17(25)23-15-6-8-16(9-7-15)28-19(20)21/h2-9,19H,10-11H2,1H3,(H,22,24)(H,23,25). The molecule has 0 heterocycles. The highest BCUT2D eigenvalue weighted by Gasteiger charge is 2.10. The van der Waals surface area contributed by atoms with Gasteiger partial charge in [0.15, 0.2) is 6.61 Å². The van der Waals surface area contributed by atoms with Gasteiger partial charge in [0.25, 0.3) is 5.91 Å². The highest BCUT2D eigenvalue weighted by atomic mass is 19.3. The third-order valence-corrected chi connectivity index (χ3v) is 3.35. The Morgan fingerprint density at radius 3 is 2.07 bits per heavy atom. The lowest BCUT2D eigenvalue weighted by Crippen LogP contribution is -2.21. The smallest absolute Gasteiger partial charge is 0.387 e. The van der Waals surface area contributed by atoms with Gasteiger partial charge in [-0.25, -0.2) is 0 Å². The molecule has 2 aromatic carbocycles. The van der Waals surface area contributed by atoms with Crippen molar-refractivity contribution in [3.63, 3.8) is 0 Å². The summed E-state index contributed by atoms with van der Waals surface area (Å²) >= 11 is 0. The molecule has 0 fully saturated rings. The average Bonchev–Trinajstić information content (AvgIpc) is 2.62. The van der Waals surface area contributed by atoms with Gasteiger partial charge in [-0.1, -0.05) is 12.1 Å². The van der Waals surface area contributed by atoms with E-state index in [9.17, 15) is 23.2 Å². The van der Waals surface area contributed by atoms with Crippen LogP contribution in [0.25, 0.3) is 0 Å². The summed E-state index contributed by atoms with van der Waals surface area (Å²) in [6.45, 7) is -2.03. The molecule has 9 heteroatoms. The molecule has 0 atom stereocenters. The fourth-order valence-corrected chi connectivity index (χ4v) is 2.19. The third-order valence-electron chi connectivity index (χ3n) is 3.35. The van der Waals surface area contributed by atoms with Crippen molar-refractivity contribution in [1.82, 2.24) is 0 Å². The first-order valence-corrected chi connectivity index (χ1v) is 8.18. The molecule has 2 rings (SSSR count). The number of hydrogen-bond donors (Lipinski definition) is 2. The van der Waals surface area contributed by atoms with Crippen LogP contribution in [0.1, 0.15) is 12.5 Å². The van der Waals surface area contributed by atoms with E-state index < -0.39 is 25.1 Å². The van der Waals surface area contributed by atoms with Crippen LogP contribution in [0, 0.1) is 0 Å². The number of hydrogen-bond acceptors (Lipinski definition) is 5. The maximum Gasteiger partial charge on any atom is 0.387 e. The molecule has 0 saturated carbocycles. The first kappa shape index (κ1) is 20.8. The predicted molar refractivity (Wildman–Crippen MR) is 97.1 cm³/mol. The zero-order valence-corrected chi connectivity index (χ0v) is 14.9. The Hall–Kier alpha value is -3.49. The lowest BCUT2D eigenvalue weighted by molar-refractivity contribution is -0.146. The molecule has 148 valence electrons. The first-order valence-electron chi connectivity index (χ1n) is 8.18. The number of carbonyl (C=O) groups excluding carboxylic acids is 3. The minimum atomic E-state index is -2.93. The molecule has 0 aliphatic rings. The van der Waals surface area contributed by atoms with Crippen molar-refractivity contribution < 1.29 is 32.6 Å². The van der Waals surface area contributed by atoms with Crippen molar-refractivity contribution >= 4 is 29.2 Å². The summed E-state index contributed by atoms with van der Waals surface area (Å²) in [4.78, 5) is 34.6. The molecule has 0 aliphatic heterocycles. The van der Waals surface area contributed by atoms with Crippen molar-refractivity contribution in [2.45, 2.75) is 20.0 Å². The normalized spacial score (nSPS) is 10.3. The summed E-state index contributed by atoms with van der Waals surface area (Å²) in [5.74, 6) is -1.40. The quantitative estimate of drug-likeness (QED) is 0.674. The number of halogens is 2. The summed E-state index contributed by atoms with van der Waals surface area (Å²) in [5.41, 5.74) is 1.61. The monoisotopic (exact) mass is 392 g/mol. The number of rotatable bonds is 8. The molecular weight excluding hydrogens is 374 g/mol. The Kier molecular flexibility index (Phi) is 7.44. The van der Waals surface area contributed by atoms with Crippen LogP contribution >= 0.6 is 0 Å². The van der Waals surface area contributed by atoms with Crippen molar-refractivity contribution in [3.8, 4) is 5.75 Å². The van der Waals surface area contributed by atoms with E-state index in [2.05, 4.69) is 15.4 Å². The topological polar surface area (TPSA) is 93.7 Å². The largest absolute Gasteiger partial charge is 0.455 e. The van der Waals surface area contributed by atoms with Crippen LogP contribution < -0.4 is 15.4 Å². The molecule has 0 aliphatic carbocycles. The Bertz CT molecular complexity index is 823. The molecule has 28 heavy (non-hydrogen) atoms. The molecule has 0 spiro atoms. The molecule has 0 radical (unpaired) electrons. The lowest BCUT2D eigenvalue weighted by atomic mass is 10.1. The van der Waals surface area contributed by atoms with Gasteiger partial charge in [0.2, 0.25) is 5.91 Å². The minimum Gasteiger partial charge on any atom is -0.455 e. The Morgan fingerprint density at radius 1 is 0.929 bits per heavy atom. The van der Waals surface area contributed by atoms with Crippen LogP contribution in [-0.4, -0.2) is 31.0 Å². The predicted octanol–water partition coefficient (Wildman–Crippen LogP) is 2.97. The lowest BCUT2D eigenvalue weighted by Gasteiger charge is -2.08. The number of carbonyl (C=O) groups is 3. The maximum absolute atomic E-state index is 12.1. The third kappa shape index (κ3) is 7.40. The molecule has 7 nitrogen and oxygen atoms in total. The van der Waals surface area contributed by atoms with Gasteiger partial charge in [-0.15, -0.1) is 0 Å². The molecular formula is C19H18F2N2O5. The van der Waals surface area contributed by atoms with Crippen molar-refractivity contribution in [1.29, 1.82) is 0 Å². The van der Waals surface area contributed by atoms with E-state index in [-0.39, 0.29) is 18.1 Å². The number of benzene rings is 2. The number of ether oxygens (including phenoxy) is 2. The number of amides is 2. The van der Waals surface area contributed by atoms with Gasteiger partial charge in [-0.2, -0.15) is 8.78 Å². The minimum absolute atomic E-state index is 0.0344. The van der Waals surface area contributed by atoms with E-state index in [0.717, 1.165) is 0 Å². The van der Waals surface area contributed by atoms with Gasteiger partial charge < -0.3 is 20.1 Å². The summed E-state index contributed by atoms with van der Waals surface area (Å²) < 4.78 is 33.3. The van der Waals surface area contributed by atoms with Gasteiger partial charge in [0.1, 0.15) is 5.75 Å². The summed E-state index contributed by atoms with van der Waals surface area (Å²) in [5, 5.41) is 5.08. The molecule has 0 aromatic heterocycles. The van der Waals surface area contributed by atoms with Gasteiger partial charge >= 0.3 is 12.6 Å². The summed E-state index contributed by atoms with van der Waals surface area (Å²) in [7, 11) is 0. The highest BCUT2D eigenvalue weighted by Crippen LogP contribution is 2.17. The van der Waals surface area contributed by atoms with Crippen LogP contribution in [0.3, 0.4) is 0 Å². The number of alkyl halides is 2. The van der Waals surface area contributed by atoms with Gasteiger partial charge in [0.05, 0.1) is 6.42 Å². The number of esters is 1. The van der Waals surface area contributed by atoms with E-state index in [0.29, 0.717) is 16.9 Å². The second-order valence-corrected chi connectivity index (χ2v) is 5.67.